The first-order chi connectivity index (χ1) is 14.8. The molecule has 1 aromatic carbocycles. The minimum Gasteiger partial charge on any atom is -0.354 e. The molecule has 4 rings (SSSR count). The van der Waals surface area contributed by atoms with Crippen molar-refractivity contribution < 1.29 is 14.0 Å². The van der Waals surface area contributed by atoms with Crippen molar-refractivity contribution in [3.05, 3.63) is 71.4 Å². The van der Waals surface area contributed by atoms with Crippen LogP contribution in [-0.4, -0.2) is 64.7 Å². The number of amides is 2. The Morgan fingerprint density at radius 3 is 2.55 bits per heavy atom. The molecule has 2 amide bonds. The van der Waals surface area contributed by atoms with Crippen LogP contribution >= 0.6 is 0 Å². The molecule has 162 valence electrons. The largest absolute Gasteiger partial charge is 0.354 e. The van der Waals surface area contributed by atoms with Crippen molar-refractivity contribution in [3.8, 4) is 0 Å². The lowest BCUT2D eigenvalue weighted by Crippen LogP contribution is -2.56. The van der Waals surface area contributed by atoms with Crippen molar-refractivity contribution in [2.24, 2.45) is 5.92 Å². The van der Waals surface area contributed by atoms with Crippen molar-refractivity contribution in [3.63, 3.8) is 0 Å². The fourth-order valence-electron chi connectivity index (χ4n) is 3.80. The highest BCUT2D eigenvalue weighted by Gasteiger charge is 2.37. The van der Waals surface area contributed by atoms with E-state index in [0.29, 0.717) is 25.3 Å². The SMILES string of the molecule is Cc1ccc2nc(C(=O)N3CC(C(=O)NCC(c4ccc(F)cc4)N(C)C)C3)cn2c1. The third kappa shape index (κ3) is 4.44. The number of aryl methyl sites for hydroxylation is 1. The number of aromatic nitrogens is 2. The van der Waals surface area contributed by atoms with Crippen LogP contribution in [0.5, 0.6) is 0 Å². The lowest BCUT2D eigenvalue weighted by molar-refractivity contribution is -0.129. The molecular weight excluding hydrogens is 397 g/mol. The Labute approximate surface area is 180 Å². The van der Waals surface area contributed by atoms with Gasteiger partial charge in [0.15, 0.2) is 0 Å². The predicted molar refractivity (Wildman–Crippen MR) is 115 cm³/mol. The minimum absolute atomic E-state index is 0.0659. The molecule has 0 aliphatic carbocycles. The predicted octanol–water partition coefficient (Wildman–Crippen LogP) is 2.27. The van der Waals surface area contributed by atoms with Gasteiger partial charge in [0, 0.05) is 32.0 Å². The van der Waals surface area contributed by atoms with Crippen LogP contribution in [0.2, 0.25) is 0 Å². The number of likely N-dealkylation sites (tertiary alicyclic amines) is 1. The summed E-state index contributed by atoms with van der Waals surface area (Å²) in [5, 5.41) is 2.97. The molecule has 8 heteroatoms. The first-order valence-electron chi connectivity index (χ1n) is 10.3. The topological polar surface area (TPSA) is 70.0 Å². The fraction of sp³-hybridized carbons (Fsp3) is 0.348. The van der Waals surface area contributed by atoms with Gasteiger partial charge in [0.05, 0.1) is 12.0 Å². The Balaban J connectivity index is 1.32. The van der Waals surface area contributed by atoms with Gasteiger partial charge < -0.3 is 19.5 Å². The van der Waals surface area contributed by atoms with Crippen LogP contribution in [0, 0.1) is 18.7 Å². The van der Waals surface area contributed by atoms with Gasteiger partial charge in [0.25, 0.3) is 5.91 Å². The van der Waals surface area contributed by atoms with E-state index in [4.69, 9.17) is 0 Å². The average Bonchev–Trinajstić information content (AvgIpc) is 3.11. The molecule has 0 saturated carbocycles. The zero-order chi connectivity index (χ0) is 22.1. The Hall–Kier alpha value is -3.26. The first kappa shape index (κ1) is 21.0. The molecule has 1 atom stereocenters. The van der Waals surface area contributed by atoms with Crippen molar-refractivity contribution in [1.29, 1.82) is 0 Å². The fourth-order valence-corrected chi connectivity index (χ4v) is 3.80. The number of carbonyl (C=O) groups excluding carboxylic acids is 2. The van der Waals surface area contributed by atoms with E-state index in [1.165, 1.54) is 12.1 Å². The lowest BCUT2D eigenvalue weighted by Gasteiger charge is -2.38. The summed E-state index contributed by atoms with van der Waals surface area (Å²) in [4.78, 5) is 33.3. The Bertz CT molecular complexity index is 1100. The number of fused-ring (bicyclic) bond motifs is 1. The monoisotopic (exact) mass is 423 g/mol. The van der Waals surface area contributed by atoms with E-state index in [9.17, 15) is 14.0 Å². The summed E-state index contributed by atoms with van der Waals surface area (Å²) >= 11 is 0. The second-order valence-corrected chi connectivity index (χ2v) is 8.28. The summed E-state index contributed by atoms with van der Waals surface area (Å²) in [7, 11) is 3.83. The smallest absolute Gasteiger partial charge is 0.274 e. The highest BCUT2D eigenvalue weighted by atomic mass is 19.1. The molecule has 1 saturated heterocycles. The van der Waals surface area contributed by atoms with E-state index >= 15 is 0 Å². The van der Waals surface area contributed by atoms with Gasteiger partial charge in [-0.15, -0.1) is 0 Å². The number of hydrogen-bond acceptors (Lipinski definition) is 4. The molecule has 1 fully saturated rings. The quantitative estimate of drug-likeness (QED) is 0.661. The normalized spacial score (nSPS) is 15.2. The molecule has 0 spiro atoms. The van der Waals surface area contributed by atoms with Gasteiger partial charge in [-0.1, -0.05) is 18.2 Å². The summed E-state index contributed by atoms with van der Waals surface area (Å²) in [6.45, 7) is 3.14. The maximum atomic E-state index is 13.2. The van der Waals surface area contributed by atoms with Crippen LogP contribution in [0.15, 0.2) is 48.8 Å². The van der Waals surface area contributed by atoms with Crippen LogP contribution in [0.3, 0.4) is 0 Å². The number of hydrogen-bond donors (Lipinski definition) is 1. The second-order valence-electron chi connectivity index (χ2n) is 8.28. The lowest BCUT2D eigenvalue weighted by atomic mass is 9.98. The summed E-state index contributed by atoms with van der Waals surface area (Å²) in [6, 6.07) is 10.1. The van der Waals surface area contributed by atoms with Gasteiger partial charge in [-0.05, 0) is 50.3 Å². The molecule has 3 aromatic rings. The van der Waals surface area contributed by atoms with Crippen LogP contribution in [0.1, 0.15) is 27.7 Å². The van der Waals surface area contributed by atoms with Gasteiger partial charge in [0.1, 0.15) is 17.2 Å². The number of nitrogens with one attached hydrogen (secondary N) is 1. The minimum atomic E-state index is -0.287. The molecule has 0 bridgehead atoms. The first-order valence-corrected chi connectivity index (χ1v) is 10.3. The van der Waals surface area contributed by atoms with Crippen molar-refractivity contribution >= 4 is 17.5 Å². The molecule has 2 aromatic heterocycles. The molecule has 3 heterocycles. The molecule has 31 heavy (non-hydrogen) atoms. The molecule has 1 aliphatic rings. The summed E-state index contributed by atoms with van der Waals surface area (Å²) in [6.07, 6.45) is 3.65. The molecule has 0 radical (unpaired) electrons. The van der Waals surface area contributed by atoms with Gasteiger partial charge >= 0.3 is 0 Å². The van der Waals surface area contributed by atoms with E-state index in [1.54, 1.807) is 23.2 Å². The Morgan fingerprint density at radius 1 is 1.16 bits per heavy atom. The number of likely N-dealkylation sites (N-methyl/N-ethyl adjacent to an activating group) is 1. The number of nitrogens with zero attached hydrogens (tertiary/aromatic N) is 4. The van der Waals surface area contributed by atoms with Crippen LogP contribution in [0.25, 0.3) is 5.65 Å². The van der Waals surface area contributed by atoms with Crippen LogP contribution in [-0.2, 0) is 4.79 Å². The maximum Gasteiger partial charge on any atom is 0.274 e. The number of rotatable bonds is 6. The number of imidazole rings is 1. The highest BCUT2D eigenvalue weighted by molar-refractivity contribution is 5.95. The van der Waals surface area contributed by atoms with Crippen molar-refractivity contribution in [2.45, 2.75) is 13.0 Å². The molecule has 1 N–H and O–H groups in total. The van der Waals surface area contributed by atoms with E-state index in [2.05, 4.69) is 10.3 Å². The van der Waals surface area contributed by atoms with Crippen LogP contribution in [0.4, 0.5) is 4.39 Å². The molecule has 7 nitrogen and oxygen atoms in total. The molecular formula is C23H26FN5O2. The Morgan fingerprint density at radius 2 is 1.87 bits per heavy atom. The van der Waals surface area contributed by atoms with Gasteiger partial charge in [-0.3, -0.25) is 9.59 Å². The maximum absolute atomic E-state index is 13.2. The number of benzene rings is 1. The van der Waals surface area contributed by atoms with E-state index < -0.39 is 0 Å². The average molecular weight is 423 g/mol. The highest BCUT2D eigenvalue weighted by Crippen LogP contribution is 2.21. The van der Waals surface area contributed by atoms with Gasteiger partial charge in [-0.2, -0.15) is 0 Å². The van der Waals surface area contributed by atoms with Crippen molar-refractivity contribution in [1.82, 2.24) is 24.5 Å². The number of carbonyl (C=O) groups is 2. The Kier molecular flexibility index (Phi) is 5.73. The van der Waals surface area contributed by atoms with E-state index in [0.717, 1.165) is 16.8 Å². The molecule has 1 unspecified atom stereocenters. The summed E-state index contributed by atoms with van der Waals surface area (Å²) < 4.78 is 15.0. The molecule has 1 aliphatic heterocycles. The third-order valence-corrected chi connectivity index (χ3v) is 5.71. The zero-order valence-electron chi connectivity index (χ0n) is 17.9. The standard InChI is InChI=1S/C23H26FN5O2/c1-15-4-9-21-26-19(14-28(21)11-15)23(31)29-12-17(13-29)22(30)25-10-20(27(2)3)16-5-7-18(24)8-6-16/h4-9,11,14,17,20H,10,12-13H2,1-3H3,(H,25,30). The summed E-state index contributed by atoms with van der Waals surface area (Å²) in [5.41, 5.74) is 3.12. The van der Waals surface area contributed by atoms with Gasteiger partial charge in [0.2, 0.25) is 5.91 Å². The number of halogens is 1. The van der Waals surface area contributed by atoms with Gasteiger partial charge in [-0.25, -0.2) is 9.37 Å². The summed E-state index contributed by atoms with van der Waals surface area (Å²) in [5.74, 6) is -0.768. The van der Waals surface area contributed by atoms with Crippen LogP contribution < -0.4 is 5.32 Å². The third-order valence-electron chi connectivity index (χ3n) is 5.71. The zero-order valence-corrected chi connectivity index (χ0v) is 17.9. The van der Waals surface area contributed by atoms with Crippen molar-refractivity contribution in [2.75, 3.05) is 33.7 Å². The van der Waals surface area contributed by atoms with E-state index in [-0.39, 0.29) is 29.6 Å². The second kappa shape index (κ2) is 8.47. The number of pyridine rings is 1. The van der Waals surface area contributed by atoms with E-state index in [1.807, 2.05) is 48.6 Å².